The first-order valence-corrected chi connectivity index (χ1v) is 8.79. The summed E-state index contributed by atoms with van der Waals surface area (Å²) in [6, 6.07) is 7.10. The highest BCUT2D eigenvalue weighted by Gasteiger charge is 2.22. The number of aromatic nitrogens is 2. The fourth-order valence-corrected chi connectivity index (χ4v) is 2.94. The number of aryl methyl sites for hydroxylation is 1. The minimum Gasteiger partial charge on any atom is -0.340 e. The highest BCUT2D eigenvalue weighted by atomic mass is 19.1. The molecule has 0 aliphatic heterocycles. The van der Waals surface area contributed by atoms with Gasteiger partial charge in [0.2, 0.25) is 0 Å². The van der Waals surface area contributed by atoms with Crippen LogP contribution in [-0.4, -0.2) is 26.4 Å². The summed E-state index contributed by atoms with van der Waals surface area (Å²) in [5, 5.41) is 0. The van der Waals surface area contributed by atoms with E-state index in [-0.39, 0.29) is 29.6 Å². The van der Waals surface area contributed by atoms with E-state index in [2.05, 4.69) is 4.98 Å². The van der Waals surface area contributed by atoms with Crippen molar-refractivity contribution in [3.05, 3.63) is 77.6 Å². The molecule has 146 valence electrons. The van der Waals surface area contributed by atoms with Crippen molar-refractivity contribution >= 4 is 5.91 Å². The van der Waals surface area contributed by atoms with Crippen LogP contribution in [-0.2, 0) is 13.6 Å². The summed E-state index contributed by atoms with van der Waals surface area (Å²) in [7, 11) is 1.77. The van der Waals surface area contributed by atoms with Crippen LogP contribution in [0.4, 0.5) is 13.2 Å². The molecule has 1 amide bonds. The maximum absolute atomic E-state index is 14.3. The summed E-state index contributed by atoms with van der Waals surface area (Å²) < 4.78 is 43.3. The van der Waals surface area contributed by atoms with Gasteiger partial charge in [-0.3, -0.25) is 4.79 Å². The van der Waals surface area contributed by atoms with Gasteiger partial charge in [0.15, 0.2) is 0 Å². The van der Waals surface area contributed by atoms with Crippen LogP contribution < -0.4 is 0 Å². The zero-order valence-electron chi connectivity index (χ0n) is 15.8. The Kier molecular flexibility index (Phi) is 5.53. The normalized spacial score (nSPS) is 11.1. The first-order chi connectivity index (χ1) is 13.3. The van der Waals surface area contributed by atoms with E-state index in [0.29, 0.717) is 17.3 Å². The van der Waals surface area contributed by atoms with Crippen molar-refractivity contribution in [2.45, 2.75) is 26.4 Å². The van der Waals surface area contributed by atoms with Crippen molar-refractivity contribution < 1.29 is 18.0 Å². The Morgan fingerprint density at radius 2 is 1.82 bits per heavy atom. The van der Waals surface area contributed by atoms with Crippen molar-refractivity contribution in [3.8, 4) is 11.1 Å². The lowest BCUT2D eigenvalue weighted by molar-refractivity contribution is 0.0684. The van der Waals surface area contributed by atoms with Crippen LogP contribution in [0.15, 0.2) is 48.9 Å². The minimum atomic E-state index is -0.846. The molecule has 0 saturated carbocycles. The van der Waals surface area contributed by atoms with Gasteiger partial charge in [-0.05, 0) is 43.7 Å². The molecular weight excluding hydrogens is 367 g/mol. The number of rotatable bonds is 5. The third-order valence-corrected chi connectivity index (χ3v) is 4.41. The number of amides is 1. The van der Waals surface area contributed by atoms with Crippen molar-refractivity contribution in [2.24, 2.45) is 7.05 Å². The molecular formula is C21H20F3N3O. The molecule has 1 aromatic heterocycles. The third-order valence-electron chi connectivity index (χ3n) is 4.41. The lowest BCUT2D eigenvalue weighted by atomic mass is 10.0. The second-order valence-corrected chi connectivity index (χ2v) is 6.89. The molecule has 0 saturated heterocycles. The van der Waals surface area contributed by atoms with Gasteiger partial charge in [-0.2, -0.15) is 0 Å². The monoisotopic (exact) mass is 387 g/mol. The molecule has 2 aromatic carbocycles. The Morgan fingerprint density at radius 3 is 2.43 bits per heavy atom. The van der Waals surface area contributed by atoms with Gasteiger partial charge in [-0.15, -0.1) is 0 Å². The van der Waals surface area contributed by atoms with Crippen LogP contribution in [0.2, 0.25) is 0 Å². The average Bonchev–Trinajstić information content (AvgIpc) is 3.07. The molecule has 0 bridgehead atoms. The van der Waals surface area contributed by atoms with Crippen LogP contribution in [0.3, 0.4) is 0 Å². The molecule has 1 heterocycles. The Hall–Kier alpha value is -3.09. The fraction of sp³-hybridized carbons (Fsp3) is 0.238. The van der Waals surface area contributed by atoms with E-state index >= 15 is 0 Å². The number of hydrogen-bond acceptors (Lipinski definition) is 2. The van der Waals surface area contributed by atoms with Gasteiger partial charge in [0.05, 0.1) is 6.33 Å². The van der Waals surface area contributed by atoms with Crippen LogP contribution >= 0.6 is 0 Å². The maximum Gasteiger partial charge on any atom is 0.274 e. The highest BCUT2D eigenvalue weighted by Crippen LogP contribution is 2.28. The largest absolute Gasteiger partial charge is 0.340 e. The van der Waals surface area contributed by atoms with Crippen molar-refractivity contribution in [3.63, 3.8) is 0 Å². The molecule has 0 aliphatic rings. The summed E-state index contributed by atoms with van der Waals surface area (Å²) in [6.07, 6.45) is 3.17. The second kappa shape index (κ2) is 7.88. The van der Waals surface area contributed by atoms with Gasteiger partial charge in [0.25, 0.3) is 5.91 Å². The number of carbonyl (C=O) groups excluding carboxylic acids is 1. The summed E-state index contributed by atoms with van der Waals surface area (Å²) in [5.74, 6) is -2.46. The number of carbonyl (C=O) groups is 1. The van der Waals surface area contributed by atoms with E-state index in [9.17, 15) is 18.0 Å². The van der Waals surface area contributed by atoms with E-state index in [1.165, 1.54) is 18.2 Å². The van der Waals surface area contributed by atoms with Crippen molar-refractivity contribution in [2.75, 3.05) is 0 Å². The molecule has 0 N–H and O–H groups in total. The second-order valence-electron chi connectivity index (χ2n) is 6.89. The zero-order chi connectivity index (χ0) is 20.4. The smallest absolute Gasteiger partial charge is 0.274 e. The van der Waals surface area contributed by atoms with E-state index < -0.39 is 17.5 Å². The molecule has 0 fully saturated rings. The Balaban J connectivity index is 1.93. The predicted octanol–water partition coefficient (Wildman–Crippen LogP) is 4.56. The van der Waals surface area contributed by atoms with Crippen LogP contribution in [0, 0.1) is 17.5 Å². The first-order valence-electron chi connectivity index (χ1n) is 8.79. The van der Waals surface area contributed by atoms with Gasteiger partial charge in [0.1, 0.15) is 23.1 Å². The topological polar surface area (TPSA) is 38.1 Å². The van der Waals surface area contributed by atoms with E-state index in [4.69, 9.17) is 0 Å². The standard InChI is InChI=1S/C21H20F3N3O/c1-13(2)27(21(28)20-11-26(3)12-25-20)10-14-4-7-18(23)17(8-14)16-6-5-15(22)9-19(16)24/h4-9,11-13H,10H2,1-3H3. The predicted molar refractivity (Wildman–Crippen MR) is 100.0 cm³/mol. The summed E-state index contributed by atoms with van der Waals surface area (Å²) in [4.78, 5) is 18.5. The van der Waals surface area contributed by atoms with Crippen LogP contribution in [0.25, 0.3) is 11.1 Å². The molecule has 0 radical (unpaired) electrons. The number of hydrogen-bond donors (Lipinski definition) is 0. The Morgan fingerprint density at radius 1 is 1.07 bits per heavy atom. The quantitative estimate of drug-likeness (QED) is 0.644. The van der Waals surface area contributed by atoms with E-state index in [1.807, 2.05) is 13.8 Å². The highest BCUT2D eigenvalue weighted by molar-refractivity contribution is 5.92. The van der Waals surface area contributed by atoms with Crippen LogP contribution in [0.5, 0.6) is 0 Å². The molecule has 7 heteroatoms. The number of imidazole rings is 1. The first kappa shape index (κ1) is 19.7. The molecule has 3 rings (SSSR count). The number of halogens is 3. The van der Waals surface area contributed by atoms with E-state index in [1.54, 1.807) is 35.1 Å². The van der Waals surface area contributed by atoms with E-state index in [0.717, 1.165) is 6.07 Å². The van der Waals surface area contributed by atoms with Crippen LogP contribution in [0.1, 0.15) is 29.9 Å². The van der Waals surface area contributed by atoms with Gasteiger partial charge in [-0.25, -0.2) is 18.2 Å². The summed E-state index contributed by atoms with van der Waals surface area (Å²) in [6.45, 7) is 3.93. The molecule has 0 atom stereocenters. The Labute approximate surface area is 161 Å². The minimum absolute atomic E-state index is 0.0176. The molecule has 28 heavy (non-hydrogen) atoms. The van der Waals surface area contributed by atoms with Crippen molar-refractivity contribution in [1.82, 2.24) is 14.5 Å². The molecule has 4 nitrogen and oxygen atoms in total. The molecule has 3 aromatic rings. The molecule has 0 spiro atoms. The zero-order valence-corrected chi connectivity index (χ0v) is 15.8. The lowest BCUT2D eigenvalue weighted by Gasteiger charge is -2.26. The number of nitrogens with zero attached hydrogens (tertiary/aromatic N) is 3. The van der Waals surface area contributed by atoms with Gasteiger partial charge >= 0.3 is 0 Å². The molecule has 0 aliphatic carbocycles. The number of benzene rings is 2. The van der Waals surface area contributed by atoms with Gasteiger partial charge in [-0.1, -0.05) is 6.07 Å². The van der Waals surface area contributed by atoms with Gasteiger partial charge < -0.3 is 9.47 Å². The maximum atomic E-state index is 14.3. The SMILES string of the molecule is CC(C)N(Cc1ccc(F)c(-c2ccc(F)cc2F)c1)C(=O)c1cn(C)cn1. The summed E-state index contributed by atoms with van der Waals surface area (Å²) >= 11 is 0. The fourth-order valence-electron chi connectivity index (χ4n) is 2.94. The van der Waals surface area contributed by atoms with Crippen molar-refractivity contribution in [1.29, 1.82) is 0 Å². The third kappa shape index (κ3) is 4.08. The molecule has 0 unspecified atom stereocenters. The summed E-state index contributed by atoms with van der Waals surface area (Å²) in [5.41, 5.74) is 0.915. The Bertz CT molecular complexity index is 1010. The van der Waals surface area contributed by atoms with Gasteiger partial charge in [0, 0.05) is 43.0 Å². The average molecular weight is 387 g/mol. The lowest BCUT2D eigenvalue weighted by Crippen LogP contribution is -2.36.